The first-order chi connectivity index (χ1) is 6.89. The van der Waals surface area contributed by atoms with Crippen LogP contribution in [0.2, 0.25) is 0 Å². The molecule has 0 bridgehead atoms. The predicted octanol–water partition coefficient (Wildman–Crippen LogP) is 1.05. The molecule has 0 atom stereocenters. The third-order valence-electron chi connectivity index (χ3n) is 1.12. The van der Waals surface area contributed by atoms with Gasteiger partial charge in [-0.15, -0.1) is 0 Å². The summed E-state index contributed by atoms with van der Waals surface area (Å²) in [5.41, 5.74) is -0.427. The maximum absolute atomic E-state index is 9.26. The summed E-state index contributed by atoms with van der Waals surface area (Å²) in [6, 6.07) is 0. The van der Waals surface area contributed by atoms with Gasteiger partial charge in [0.2, 0.25) is 0 Å². The molecule has 0 saturated carbocycles. The highest BCUT2D eigenvalue weighted by molar-refractivity contribution is 14.1. The second-order valence-corrected chi connectivity index (χ2v) is 3.40. The average Bonchev–Trinajstić information content (AvgIpc) is 2.16. The molecule has 6 heteroatoms. The molecule has 1 amide bonds. The van der Waals surface area contributed by atoms with Gasteiger partial charge < -0.3 is 20.3 Å². The Morgan fingerprint density at radius 2 is 2.07 bits per heavy atom. The number of aliphatic hydroxyl groups excluding tert-OH is 1. The van der Waals surface area contributed by atoms with Crippen molar-refractivity contribution in [2.75, 3.05) is 20.3 Å². The number of halogens is 1. The molecular formula is C9H16INO4. The third kappa shape index (κ3) is 16.2. The van der Waals surface area contributed by atoms with Crippen molar-refractivity contribution in [3.63, 3.8) is 0 Å². The van der Waals surface area contributed by atoms with E-state index in [0.29, 0.717) is 6.61 Å². The van der Waals surface area contributed by atoms with E-state index < -0.39 is 11.7 Å². The molecule has 0 fully saturated rings. The summed E-state index contributed by atoms with van der Waals surface area (Å²) in [7, 11) is 1.35. The van der Waals surface area contributed by atoms with Crippen LogP contribution in [0, 0.1) is 9.85 Å². The third-order valence-corrected chi connectivity index (χ3v) is 1.39. The van der Waals surface area contributed by atoms with Crippen LogP contribution in [-0.2, 0) is 4.74 Å². The van der Waals surface area contributed by atoms with E-state index in [2.05, 4.69) is 9.85 Å². The fourth-order valence-electron chi connectivity index (χ4n) is 0.451. The van der Waals surface area contributed by atoms with Gasteiger partial charge in [0, 0.05) is 29.6 Å². The zero-order valence-electron chi connectivity index (χ0n) is 9.00. The van der Waals surface area contributed by atoms with Crippen molar-refractivity contribution in [3.05, 3.63) is 0 Å². The van der Waals surface area contributed by atoms with E-state index in [9.17, 15) is 4.79 Å². The van der Waals surface area contributed by atoms with E-state index in [4.69, 9.17) is 14.9 Å². The summed E-state index contributed by atoms with van der Waals surface area (Å²) in [5, 5.41) is 18.0. The van der Waals surface area contributed by atoms with E-state index in [0.717, 1.165) is 0 Å². The van der Waals surface area contributed by atoms with Crippen molar-refractivity contribution < 1.29 is 19.7 Å². The second-order valence-electron chi connectivity index (χ2n) is 2.86. The molecule has 5 nitrogen and oxygen atoms in total. The number of amides is 1. The molecule has 0 saturated heterocycles. The molecule has 0 aromatic rings. The van der Waals surface area contributed by atoms with Crippen LogP contribution in [0.15, 0.2) is 0 Å². The molecule has 0 aromatic heterocycles. The minimum Gasteiger partial charge on any atom is -0.465 e. The van der Waals surface area contributed by atoms with Crippen molar-refractivity contribution >= 4 is 28.7 Å². The van der Waals surface area contributed by atoms with E-state index in [1.54, 1.807) is 0 Å². The van der Waals surface area contributed by atoms with Crippen LogP contribution in [0.5, 0.6) is 0 Å². The minimum absolute atomic E-state index is 0.0480. The van der Waals surface area contributed by atoms with Crippen molar-refractivity contribution in [3.8, 4) is 9.85 Å². The van der Waals surface area contributed by atoms with E-state index in [1.807, 2.05) is 41.8 Å². The normalized spacial score (nSPS) is 9.13. The molecule has 88 valence electrons. The summed E-state index contributed by atoms with van der Waals surface area (Å²) < 4.78 is 7.92. The molecule has 0 aliphatic rings. The van der Waals surface area contributed by atoms with Gasteiger partial charge in [0.25, 0.3) is 0 Å². The number of ether oxygens (including phenoxy) is 1. The van der Waals surface area contributed by atoms with Crippen LogP contribution < -0.4 is 5.32 Å². The van der Waals surface area contributed by atoms with E-state index in [1.165, 1.54) is 7.05 Å². The van der Waals surface area contributed by atoms with Gasteiger partial charge in [-0.25, -0.2) is 4.79 Å². The van der Waals surface area contributed by atoms with E-state index in [-0.39, 0.29) is 6.61 Å². The lowest BCUT2D eigenvalue weighted by molar-refractivity contribution is 0.00612. The Kier molecular flexibility index (Phi) is 11.3. The largest absolute Gasteiger partial charge is 0.465 e. The quantitative estimate of drug-likeness (QED) is 0.534. The summed E-state index contributed by atoms with van der Waals surface area (Å²) in [6.45, 7) is 4.13. The van der Waals surface area contributed by atoms with Crippen LogP contribution in [0.3, 0.4) is 0 Å². The van der Waals surface area contributed by atoms with Gasteiger partial charge in [0.05, 0.1) is 13.2 Å². The van der Waals surface area contributed by atoms with E-state index >= 15 is 0 Å². The van der Waals surface area contributed by atoms with Gasteiger partial charge in [0.15, 0.2) is 0 Å². The highest BCUT2D eigenvalue weighted by atomic mass is 127. The summed E-state index contributed by atoms with van der Waals surface area (Å²) in [4.78, 5) is 9.26. The Morgan fingerprint density at radius 1 is 1.60 bits per heavy atom. The smallest absolute Gasteiger partial charge is 0.404 e. The molecular weight excluding hydrogens is 313 g/mol. The number of carbonyl (C=O) groups is 1. The summed E-state index contributed by atoms with van der Waals surface area (Å²) in [6.07, 6.45) is -0.995. The second kappa shape index (κ2) is 10.0. The standard InChI is InChI=1S/C7H11IO2.C2H5NO2/c1-7(2,3-4-8)10-6-5-9;1-3-2(4)5/h9H,5-6H2,1-2H3;3H,1H3,(H,4,5). The molecule has 0 rings (SSSR count). The zero-order chi connectivity index (χ0) is 12.3. The highest BCUT2D eigenvalue weighted by Crippen LogP contribution is 2.06. The number of aliphatic hydroxyl groups is 1. The Morgan fingerprint density at radius 3 is 2.33 bits per heavy atom. The van der Waals surface area contributed by atoms with Crippen LogP contribution in [0.1, 0.15) is 13.8 Å². The van der Waals surface area contributed by atoms with Crippen molar-refractivity contribution in [2.45, 2.75) is 19.4 Å². The summed E-state index contributed by atoms with van der Waals surface area (Å²) in [5.74, 6) is 2.86. The first kappa shape index (κ1) is 16.9. The molecule has 0 spiro atoms. The molecule has 0 aromatic carbocycles. The fraction of sp³-hybridized carbons (Fsp3) is 0.667. The first-order valence-corrected chi connectivity index (χ1v) is 5.25. The predicted molar refractivity (Wildman–Crippen MR) is 66.0 cm³/mol. The Bertz CT molecular complexity index is 232. The monoisotopic (exact) mass is 329 g/mol. The van der Waals surface area contributed by atoms with Gasteiger partial charge in [-0.05, 0) is 17.8 Å². The molecule has 0 unspecified atom stereocenters. The summed E-state index contributed by atoms with van der Waals surface area (Å²) >= 11 is 1.96. The van der Waals surface area contributed by atoms with Crippen molar-refractivity contribution in [1.29, 1.82) is 0 Å². The highest BCUT2D eigenvalue weighted by Gasteiger charge is 2.12. The molecule has 0 aliphatic heterocycles. The van der Waals surface area contributed by atoms with Crippen LogP contribution in [0.25, 0.3) is 0 Å². The molecule has 0 radical (unpaired) electrons. The molecule has 15 heavy (non-hydrogen) atoms. The lowest BCUT2D eigenvalue weighted by Gasteiger charge is -2.17. The fourth-order valence-corrected chi connectivity index (χ4v) is 1.10. The SMILES string of the molecule is CC(C)(C#CI)OCCO.CNC(=O)O. The van der Waals surface area contributed by atoms with Gasteiger partial charge >= 0.3 is 6.09 Å². The Labute approximate surface area is 103 Å². The number of carboxylic acid groups (broad SMARTS) is 1. The number of hydrogen-bond donors (Lipinski definition) is 3. The number of nitrogens with one attached hydrogen (secondary N) is 1. The molecule has 0 aliphatic carbocycles. The van der Waals surface area contributed by atoms with Gasteiger partial charge in [-0.2, -0.15) is 0 Å². The maximum Gasteiger partial charge on any atom is 0.404 e. The number of hydrogen-bond acceptors (Lipinski definition) is 3. The van der Waals surface area contributed by atoms with Crippen LogP contribution >= 0.6 is 22.6 Å². The lowest BCUT2D eigenvalue weighted by atomic mass is 10.1. The van der Waals surface area contributed by atoms with Crippen molar-refractivity contribution in [2.24, 2.45) is 0 Å². The minimum atomic E-state index is -0.995. The Hall–Kier alpha value is -0.520. The maximum atomic E-state index is 9.26. The molecule has 3 N–H and O–H groups in total. The van der Waals surface area contributed by atoms with Gasteiger partial charge in [-0.1, -0.05) is 5.92 Å². The Balaban J connectivity index is 0. The van der Waals surface area contributed by atoms with Gasteiger partial charge in [0.1, 0.15) is 5.60 Å². The topological polar surface area (TPSA) is 78.8 Å². The van der Waals surface area contributed by atoms with Crippen LogP contribution in [-0.4, -0.2) is 42.2 Å². The zero-order valence-corrected chi connectivity index (χ0v) is 11.2. The average molecular weight is 329 g/mol. The number of rotatable bonds is 3. The van der Waals surface area contributed by atoms with Gasteiger partial charge in [-0.3, -0.25) is 0 Å². The van der Waals surface area contributed by atoms with Crippen LogP contribution in [0.4, 0.5) is 4.79 Å². The first-order valence-electron chi connectivity index (χ1n) is 4.18. The van der Waals surface area contributed by atoms with Crippen molar-refractivity contribution in [1.82, 2.24) is 5.32 Å². The lowest BCUT2D eigenvalue weighted by Crippen LogP contribution is -2.23. The molecule has 0 heterocycles.